The molecule has 0 radical (unpaired) electrons. The van der Waals surface area contributed by atoms with Crippen LogP contribution in [0, 0.1) is 18.6 Å². The number of aryl methyl sites for hydroxylation is 1. The molecule has 0 fully saturated rings. The number of halogens is 2. The van der Waals surface area contributed by atoms with Crippen molar-refractivity contribution in [1.29, 1.82) is 0 Å². The van der Waals surface area contributed by atoms with Gasteiger partial charge in [-0.05, 0) is 55.3 Å². The fourth-order valence-electron chi connectivity index (χ4n) is 1.96. The van der Waals surface area contributed by atoms with Crippen molar-refractivity contribution >= 4 is 23.6 Å². The quantitative estimate of drug-likeness (QED) is 0.661. The molecule has 1 amide bonds. The lowest BCUT2D eigenvalue weighted by Crippen LogP contribution is -2.29. The number of anilines is 1. The number of hydrogen-bond acceptors (Lipinski definition) is 3. The molecule has 1 unspecified atom stereocenters. The standard InChI is InChI=1S/C19H17F2NO3/c1-12-6-8-16(11-17(12)21)22-19(24)13(2)25-18(23)9-7-14-4-3-5-15(20)10-14/h3-11,13H,1-2H3,(H,22,24)/b9-7+. The van der Waals surface area contributed by atoms with Crippen molar-refractivity contribution in [3.05, 3.63) is 71.3 Å². The molecule has 0 spiro atoms. The maximum atomic E-state index is 13.5. The number of amides is 1. The Hall–Kier alpha value is -3.02. The van der Waals surface area contributed by atoms with E-state index in [1.165, 1.54) is 43.3 Å². The Labute approximate surface area is 144 Å². The Kier molecular flexibility index (Phi) is 6.00. The smallest absolute Gasteiger partial charge is 0.331 e. The van der Waals surface area contributed by atoms with E-state index in [-0.39, 0.29) is 5.69 Å². The number of benzene rings is 2. The first-order chi connectivity index (χ1) is 11.8. The number of carbonyl (C=O) groups excluding carboxylic acids is 2. The average molecular weight is 345 g/mol. The number of rotatable bonds is 5. The highest BCUT2D eigenvalue weighted by atomic mass is 19.1. The number of carbonyl (C=O) groups is 2. The summed E-state index contributed by atoms with van der Waals surface area (Å²) in [5, 5.41) is 2.47. The minimum atomic E-state index is -1.07. The molecule has 0 aromatic heterocycles. The Morgan fingerprint density at radius 1 is 1.16 bits per heavy atom. The van der Waals surface area contributed by atoms with Crippen LogP contribution in [-0.2, 0) is 14.3 Å². The van der Waals surface area contributed by atoms with Gasteiger partial charge in [-0.25, -0.2) is 13.6 Å². The van der Waals surface area contributed by atoms with Crippen LogP contribution >= 0.6 is 0 Å². The first kappa shape index (κ1) is 18.3. The molecule has 0 aliphatic heterocycles. The van der Waals surface area contributed by atoms with Crippen molar-refractivity contribution in [3.8, 4) is 0 Å². The molecule has 0 aliphatic rings. The zero-order valence-electron chi connectivity index (χ0n) is 13.8. The maximum Gasteiger partial charge on any atom is 0.331 e. The van der Waals surface area contributed by atoms with Crippen LogP contribution in [0.25, 0.3) is 6.08 Å². The van der Waals surface area contributed by atoms with E-state index in [1.807, 2.05) is 0 Å². The van der Waals surface area contributed by atoms with E-state index in [9.17, 15) is 18.4 Å². The number of esters is 1. The molecule has 6 heteroatoms. The highest BCUT2D eigenvalue weighted by Gasteiger charge is 2.17. The van der Waals surface area contributed by atoms with Crippen molar-refractivity contribution in [3.63, 3.8) is 0 Å². The van der Waals surface area contributed by atoms with Crippen LogP contribution in [0.2, 0.25) is 0 Å². The van der Waals surface area contributed by atoms with E-state index in [1.54, 1.807) is 19.1 Å². The van der Waals surface area contributed by atoms with Gasteiger partial charge in [0.25, 0.3) is 5.91 Å². The molecule has 0 bridgehead atoms. The van der Waals surface area contributed by atoms with Gasteiger partial charge in [-0.3, -0.25) is 4.79 Å². The number of ether oxygens (including phenoxy) is 1. The third kappa shape index (κ3) is 5.53. The monoisotopic (exact) mass is 345 g/mol. The average Bonchev–Trinajstić information content (AvgIpc) is 2.56. The fraction of sp³-hybridized carbons (Fsp3) is 0.158. The fourth-order valence-corrected chi connectivity index (χ4v) is 1.96. The molecule has 1 atom stereocenters. The maximum absolute atomic E-state index is 13.5. The lowest BCUT2D eigenvalue weighted by Gasteiger charge is -2.12. The lowest BCUT2D eigenvalue weighted by molar-refractivity contribution is -0.148. The minimum Gasteiger partial charge on any atom is -0.449 e. The van der Waals surface area contributed by atoms with Gasteiger partial charge in [0, 0.05) is 11.8 Å². The van der Waals surface area contributed by atoms with Gasteiger partial charge in [0.2, 0.25) is 0 Å². The van der Waals surface area contributed by atoms with E-state index in [0.717, 1.165) is 6.08 Å². The van der Waals surface area contributed by atoms with Crippen LogP contribution in [0.1, 0.15) is 18.1 Å². The number of hydrogen-bond donors (Lipinski definition) is 1. The van der Waals surface area contributed by atoms with Gasteiger partial charge in [0.05, 0.1) is 0 Å². The zero-order chi connectivity index (χ0) is 18.4. The molecule has 4 nitrogen and oxygen atoms in total. The Morgan fingerprint density at radius 3 is 2.60 bits per heavy atom. The van der Waals surface area contributed by atoms with Crippen LogP contribution in [0.15, 0.2) is 48.5 Å². The summed E-state index contributed by atoms with van der Waals surface area (Å²) in [6, 6.07) is 9.94. The van der Waals surface area contributed by atoms with Gasteiger partial charge in [-0.1, -0.05) is 18.2 Å². The van der Waals surface area contributed by atoms with Crippen molar-refractivity contribution in [1.82, 2.24) is 0 Å². The first-order valence-electron chi connectivity index (χ1n) is 7.56. The van der Waals surface area contributed by atoms with Crippen LogP contribution in [-0.4, -0.2) is 18.0 Å². The van der Waals surface area contributed by atoms with Crippen LogP contribution in [0.5, 0.6) is 0 Å². The lowest BCUT2D eigenvalue weighted by atomic mass is 10.2. The largest absolute Gasteiger partial charge is 0.449 e. The molecule has 25 heavy (non-hydrogen) atoms. The summed E-state index contributed by atoms with van der Waals surface area (Å²) in [5.41, 5.74) is 1.22. The van der Waals surface area contributed by atoms with Crippen LogP contribution in [0.3, 0.4) is 0 Å². The molecule has 2 aromatic carbocycles. The summed E-state index contributed by atoms with van der Waals surface area (Å²) in [6.07, 6.45) is 1.41. The van der Waals surface area contributed by atoms with Crippen molar-refractivity contribution in [2.75, 3.05) is 5.32 Å². The molecule has 2 aromatic rings. The second kappa shape index (κ2) is 8.19. The Bertz CT molecular complexity index is 818. The van der Waals surface area contributed by atoms with E-state index in [4.69, 9.17) is 4.74 Å². The van der Waals surface area contributed by atoms with E-state index in [0.29, 0.717) is 11.1 Å². The third-order valence-corrected chi connectivity index (χ3v) is 3.36. The summed E-state index contributed by atoms with van der Waals surface area (Å²) in [6.45, 7) is 3.00. The second-order valence-corrected chi connectivity index (χ2v) is 5.42. The van der Waals surface area contributed by atoms with Gasteiger partial charge < -0.3 is 10.1 Å². The van der Waals surface area contributed by atoms with Gasteiger partial charge in [0.15, 0.2) is 6.10 Å². The van der Waals surface area contributed by atoms with Crippen molar-refractivity contribution in [2.45, 2.75) is 20.0 Å². The van der Waals surface area contributed by atoms with Crippen LogP contribution < -0.4 is 5.32 Å². The number of nitrogens with one attached hydrogen (secondary N) is 1. The molecule has 0 saturated carbocycles. The zero-order valence-corrected chi connectivity index (χ0v) is 13.8. The molecular formula is C19H17F2NO3. The first-order valence-corrected chi connectivity index (χ1v) is 7.56. The highest BCUT2D eigenvalue weighted by molar-refractivity contribution is 5.96. The minimum absolute atomic E-state index is 0.270. The predicted molar refractivity (Wildman–Crippen MR) is 90.8 cm³/mol. The van der Waals surface area contributed by atoms with Crippen LogP contribution in [0.4, 0.5) is 14.5 Å². The highest BCUT2D eigenvalue weighted by Crippen LogP contribution is 2.14. The van der Waals surface area contributed by atoms with Crippen molar-refractivity contribution in [2.24, 2.45) is 0 Å². The molecule has 130 valence electrons. The molecule has 0 saturated heterocycles. The van der Waals surface area contributed by atoms with Crippen molar-refractivity contribution < 1.29 is 23.1 Å². The van der Waals surface area contributed by atoms with E-state index in [2.05, 4.69) is 5.32 Å². The van der Waals surface area contributed by atoms with Gasteiger partial charge in [0.1, 0.15) is 11.6 Å². The second-order valence-electron chi connectivity index (χ2n) is 5.42. The summed E-state index contributed by atoms with van der Waals surface area (Å²) < 4.78 is 31.5. The summed E-state index contributed by atoms with van der Waals surface area (Å²) in [4.78, 5) is 23.7. The van der Waals surface area contributed by atoms with E-state index < -0.39 is 29.6 Å². The predicted octanol–water partition coefficient (Wildman–Crippen LogP) is 3.86. The molecule has 0 heterocycles. The van der Waals surface area contributed by atoms with Gasteiger partial charge in [-0.2, -0.15) is 0 Å². The topological polar surface area (TPSA) is 55.4 Å². The third-order valence-electron chi connectivity index (χ3n) is 3.36. The Balaban J connectivity index is 1.91. The normalized spacial score (nSPS) is 12.0. The summed E-state index contributed by atoms with van der Waals surface area (Å²) in [5.74, 6) is -2.20. The van der Waals surface area contributed by atoms with E-state index >= 15 is 0 Å². The summed E-state index contributed by atoms with van der Waals surface area (Å²) in [7, 11) is 0. The Morgan fingerprint density at radius 2 is 1.92 bits per heavy atom. The SMILES string of the molecule is Cc1ccc(NC(=O)C(C)OC(=O)/C=C/c2cccc(F)c2)cc1F. The van der Waals surface area contributed by atoms with Gasteiger partial charge >= 0.3 is 5.97 Å². The molecule has 0 aliphatic carbocycles. The molecule has 1 N–H and O–H groups in total. The molecule has 2 rings (SSSR count). The summed E-state index contributed by atoms with van der Waals surface area (Å²) >= 11 is 0. The van der Waals surface area contributed by atoms with Gasteiger partial charge in [-0.15, -0.1) is 0 Å². The molecular weight excluding hydrogens is 328 g/mol.